The molecule has 0 aliphatic heterocycles. The van der Waals surface area contributed by atoms with E-state index >= 15 is 0 Å². The van der Waals surface area contributed by atoms with Gasteiger partial charge in [-0.15, -0.1) is 0 Å². The predicted octanol–water partition coefficient (Wildman–Crippen LogP) is 14.9. The molecule has 0 atom stereocenters. The molecule has 5 aromatic carbocycles. The minimum absolute atomic E-state index is 0.0349. The first kappa shape index (κ1) is 61.0. The molecule has 0 aliphatic rings. The first-order valence-corrected chi connectivity index (χ1v) is 21.4. The number of halogens is 27. The van der Waals surface area contributed by atoms with Crippen LogP contribution in [0.25, 0.3) is 0 Å². The number of carbonyl (C=O) groups excluding carboxylic acids is 1. The monoisotopic (exact) mass is 1180 g/mol. The van der Waals surface area contributed by atoms with Gasteiger partial charge in [0, 0.05) is 17.7 Å². The van der Waals surface area contributed by atoms with E-state index in [0.29, 0.717) is 11.3 Å². The Morgan fingerprint density at radius 2 is 0.592 bits per heavy atom. The largest absolute Gasteiger partial charge is 0.416 e. The zero-order valence-electron chi connectivity index (χ0n) is 36.5. The molecular weight excluding hydrogens is 1160 g/mol. The minimum Gasteiger partial charge on any atom is -0.287 e. The molecule has 30 heteroatoms. The fraction of sp³-hybridized carbons (Fsp3) is 0.217. The molecule has 0 spiro atoms. The lowest BCUT2D eigenvalue weighted by Crippen LogP contribution is -2.75. The molecule has 6 rings (SSSR count). The fourth-order valence-electron chi connectivity index (χ4n) is 7.81. The topological polar surface area (TPSA) is 20.9 Å². The Morgan fingerprint density at radius 1 is 0.355 bits per heavy atom. The number of pyridine rings is 1. The highest BCUT2D eigenvalue weighted by molar-refractivity contribution is 7.20. The van der Waals surface area contributed by atoms with Crippen LogP contribution in [0.5, 0.6) is 0 Å². The van der Waals surface area contributed by atoms with Gasteiger partial charge in [-0.3, -0.25) is 4.79 Å². The molecule has 76 heavy (non-hydrogen) atoms. The number of nitrogens with zero attached hydrogens (tertiary/aromatic N) is 1. The van der Waals surface area contributed by atoms with Gasteiger partial charge in [0.15, 0.2) is 6.20 Å². The van der Waals surface area contributed by atoms with Gasteiger partial charge < -0.3 is 0 Å². The lowest BCUT2D eigenvalue weighted by Gasteiger charge is -2.46. The van der Waals surface area contributed by atoms with Crippen molar-refractivity contribution in [2.24, 2.45) is 0 Å². The Kier molecular flexibility index (Phi) is 16.7. The quantitative estimate of drug-likeness (QED) is 0.0513. The van der Waals surface area contributed by atoms with Crippen molar-refractivity contribution in [3.05, 3.63) is 183 Å². The summed E-state index contributed by atoms with van der Waals surface area (Å²) in [6.45, 7) is 0.133. The van der Waals surface area contributed by atoms with Crippen LogP contribution < -0.4 is 26.4 Å². The summed E-state index contributed by atoms with van der Waals surface area (Å²) in [5, 5.41) is 0. The van der Waals surface area contributed by atoms with Crippen molar-refractivity contribution in [3.63, 3.8) is 0 Å². The summed E-state index contributed by atoms with van der Waals surface area (Å²) in [6, 6.07) is 5.46. The van der Waals surface area contributed by atoms with Crippen LogP contribution in [0, 0.1) is 0 Å². The number of rotatable bonds is 7. The summed E-state index contributed by atoms with van der Waals surface area (Å²) >= 11 is 17.7. The Labute approximate surface area is 425 Å². The smallest absolute Gasteiger partial charge is 0.287 e. The van der Waals surface area contributed by atoms with E-state index in [0.717, 1.165) is 0 Å². The van der Waals surface area contributed by atoms with Crippen LogP contribution in [0.3, 0.4) is 0 Å². The maximum atomic E-state index is 14.2. The number of hydrogen-bond donors (Lipinski definition) is 0. The second-order valence-corrected chi connectivity index (χ2v) is 18.5. The van der Waals surface area contributed by atoms with Crippen LogP contribution in [0.4, 0.5) is 105 Å². The molecule has 0 unspecified atom stereocenters. The van der Waals surface area contributed by atoms with E-state index in [2.05, 4.69) is 0 Å². The lowest BCUT2D eigenvalue weighted by atomic mass is 9.12. The Bertz CT molecular complexity index is 2640. The Hall–Kier alpha value is -5.83. The molecule has 0 aliphatic carbocycles. The average Bonchev–Trinajstić information content (AvgIpc) is 3.27. The summed E-state index contributed by atoms with van der Waals surface area (Å²) in [4.78, 5) is 12.1. The maximum absolute atomic E-state index is 14.2. The third kappa shape index (κ3) is 14.2. The van der Waals surface area contributed by atoms with Crippen molar-refractivity contribution in [2.45, 2.75) is 59.7 Å². The SMILES string of the molecule is FC(F)(F)c1cc([B-](c2cc(C(F)(F)F)cc(C(F)(F)F)c2)(c2cc(C(F)(F)F)cc(C(F)(F)F)c2)c2cc(C(F)(F)F)cc(C(F)(F)F)c2)cc(C(F)(F)F)c1.O=C(C[n+]1ccccc1C(Cl)(Cl)Cl)c1ccccc1. The second kappa shape index (κ2) is 20.9. The lowest BCUT2D eigenvalue weighted by molar-refractivity contribution is -0.690. The van der Waals surface area contributed by atoms with Gasteiger partial charge in [0.05, 0.1) is 44.5 Å². The van der Waals surface area contributed by atoms with Crippen molar-refractivity contribution < 1.29 is 115 Å². The zero-order chi connectivity index (χ0) is 57.8. The number of ketones is 1. The number of hydrogen-bond acceptors (Lipinski definition) is 1. The van der Waals surface area contributed by atoms with E-state index in [9.17, 15) is 110 Å². The Morgan fingerprint density at radius 3 is 0.816 bits per heavy atom. The van der Waals surface area contributed by atoms with E-state index in [1.54, 1.807) is 41.1 Å². The van der Waals surface area contributed by atoms with Crippen molar-refractivity contribution in [3.8, 4) is 0 Å². The van der Waals surface area contributed by atoms with E-state index in [-0.39, 0.29) is 12.3 Å². The third-order valence-corrected chi connectivity index (χ3v) is 11.7. The van der Waals surface area contributed by atoms with Gasteiger partial charge in [-0.05, 0) is 30.3 Å². The van der Waals surface area contributed by atoms with E-state index in [1.165, 1.54) is 0 Å². The van der Waals surface area contributed by atoms with Gasteiger partial charge in [0.25, 0.3) is 3.79 Å². The molecule has 0 amide bonds. The van der Waals surface area contributed by atoms with Gasteiger partial charge in [-0.25, -0.2) is 0 Å². The highest BCUT2D eigenvalue weighted by Crippen LogP contribution is 2.42. The van der Waals surface area contributed by atoms with E-state index in [1.807, 2.05) is 18.2 Å². The van der Waals surface area contributed by atoms with Crippen molar-refractivity contribution in [1.29, 1.82) is 0 Å². The summed E-state index contributed by atoms with van der Waals surface area (Å²) in [5.74, 6) is -0.0349. The number of alkyl halides is 27. The molecule has 1 aromatic heterocycles. The highest BCUT2D eigenvalue weighted by Gasteiger charge is 2.47. The van der Waals surface area contributed by atoms with Gasteiger partial charge in [-0.1, -0.05) is 114 Å². The number of aromatic nitrogens is 1. The normalized spacial score (nSPS) is 13.6. The van der Waals surface area contributed by atoms with Crippen LogP contribution >= 0.6 is 34.8 Å². The molecule has 0 N–H and O–H groups in total. The van der Waals surface area contributed by atoms with Gasteiger partial charge in [-0.2, -0.15) is 132 Å². The van der Waals surface area contributed by atoms with Crippen LogP contribution in [0.1, 0.15) is 60.6 Å². The van der Waals surface area contributed by atoms with Gasteiger partial charge in [0.1, 0.15) is 6.15 Å². The first-order valence-electron chi connectivity index (χ1n) is 20.2. The first-order chi connectivity index (χ1) is 34.2. The molecule has 0 saturated carbocycles. The summed E-state index contributed by atoms with van der Waals surface area (Å²) in [5.41, 5.74) is -29.1. The van der Waals surface area contributed by atoms with Crippen molar-refractivity contribution in [1.82, 2.24) is 0 Å². The molecule has 1 heterocycles. The standard InChI is InChI=1S/C32H12BF24.C14H11Cl3NO/c34-25(35,36)13-1-14(26(37,38)39)6-21(5-13)33(22-7-15(27(40,41)42)2-16(8-22)28(43,44)45,23-9-17(29(46,47)48)3-18(10-23)30(49,50)51)24-11-19(31(52,53)54)4-20(12-24)32(55,56)57;15-14(16,17)13-8-4-5-9-18(13)10-12(19)11-6-2-1-3-7-11/h1-12H;1-9H,10H2/q-1;+1. The molecule has 0 radical (unpaired) electrons. The summed E-state index contributed by atoms with van der Waals surface area (Å²) in [6.07, 6.45) is -53.1. The highest BCUT2D eigenvalue weighted by atomic mass is 35.6. The van der Waals surface area contributed by atoms with E-state index < -0.39 is 199 Å². The second-order valence-electron chi connectivity index (χ2n) is 16.2. The summed E-state index contributed by atoms with van der Waals surface area (Å²) < 4.78 is 341. The summed E-state index contributed by atoms with van der Waals surface area (Å²) in [7, 11) is 0. The molecule has 410 valence electrons. The maximum Gasteiger partial charge on any atom is 0.416 e. The Balaban J connectivity index is 0.000000468. The van der Waals surface area contributed by atoms with Crippen molar-refractivity contribution >= 4 is 68.6 Å². The fourth-order valence-corrected chi connectivity index (χ4v) is 8.33. The zero-order valence-corrected chi connectivity index (χ0v) is 38.7. The van der Waals surface area contributed by atoms with Gasteiger partial charge in [0.2, 0.25) is 18.0 Å². The third-order valence-electron chi connectivity index (χ3n) is 11.1. The molecule has 6 aromatic rings. The van der Waals surface area contributed by atoms with Gasteiger partial charge >= 0.3 is 49.4 Å². The number of Topliss-reactive ketones (excluding diaryl/α,β-unsaturated/α-hetero) is 1. The number of benzene rings is 5. The molecule has 2 nitrogen and oxygen atoms in total. The molecule has 0 saturated heterocycles. The predicted molar refractivity (Wildman–Crippen MR) is 227 cm³/mol. The molecular formula is C46H23BCl3F24NO. The van der Waals surface area contributed by atoms with Crippen LogP contribution in [0.15, 0.2) is 128 Å². The minimum atomic E-state index is -6.13. The molecule has 0 fully saturated rings. The molecule has 0 bridgehead atoms. The number of carbonyl (C=O) groups is 1. The average molecular weight is 1180 g/mol. The van der Waals surface area contributed by atoms with E-state index in [4.69, 9.17) is 34.8 Å². The van der Waals surface area contributed by atoms with Crippen LogP contribution in [-0.4, -0.2) is 11.9 Å². The van der Waals surface area contributed by atoms with Crippen molar-refractivity contribution in [2.75, 3.05) is 0 Å². The van der Waals surface area contributed by atoms with Crippen LogP contribution in [0.2, 0.25) is 0 Å². The van der Waals surface area contributed by atoms with Crippen LogP contribution in [-0.2, 0) is 59.7 Å².